The van der Waals surface area contributed by atoms with E-state index in [2.05, 4.69) is 10.3 Å². The Kier molecular flexibility index (Phi) is 6.91. The maximum Gasteiger partial charge on any atom is 0.252 e. The highest BCUT2D eigenvalue weighted by atomic mass is 35.5. The number of hydrogen-bond donors (Lipinski definition) is 1. The SMILES string of the molecule is CCOC(C)C(=O)N1CCNCC1c1cccnc1.Cl. The van der Waals surface area contributed by atoms with Crippen molar-refractivity contribution in [3.63, 3.8) is 0 Å². The Morgan fingerprint density at radius 1 is 1.65 bits per heavy atom. The van der Waals surface area contributed by atoms with E-state index < -0.39 is 0 Å². The predicted octanol–water partition coefficient (Wildman–Crippen LogP) is 1.40. The number of aromatic nitrogens is 1. The lowest BCUT2D eigenvalue weighted by atomic mass is 10.0. The average molecular weight is 300 g/mol. The van der Waals surface area contributed by atoms with Gasteiger partial charge in [0.25, 0.3) is 5.91 Å². The van der Waals surface area contributed by atoms with Crippen molar-refractivity contribution in [1.82, 2.24) is 15.2 Å². The summed E-state index contributed by atoms with van der Waals surface area (Å²) in [7, 11) is 0. The molecule has 20 heavy (non-hydrogen) atoms. The number of carbonyl (C=O) groups is 1. The van der Waals surface area contributed by atoms with E-state index in [1.54, 1.807) is 6.20 Å². The third kappa shape index (κ3) is 3.91. The van der Waals surface area contributed by atoms with E-state index in [9.17, 15) is 4.79 Å². The minimum atomic E-state index is -0.387. The van der Waals surface area contributed by atoms with Gasteiger partial charge in [0.15, 0.2) is 0 Å². The molecule has 0 radical (unpaired) electrons. The number of ether oxygens (including phenoxy) is 1. The molecule has 2 heterocycles. The zero-order valence-electron chi connectivity index (χ0n) is 11.9. The molecule has 2 unspecified atom stereocenters. The Morgan fingerprint density at radius 2 is 2.45 bits per heavy atom. The first kappa shape index (κ1) is 16.9. The van der Waals surface area contributed by atoms with Crippen LogP contribution in [0.4, 0.5) is 0 Å². The van der Waals surface area contributed by atoms with E-state index in [4.69, 9.17) is 4.74 Å². The smallest absolute Gasteiger partial charge is 0.252 e. The van der Waals surface area contributed by atoms with Crippen molar-refractivity contribution in [3.05, 3.63) is 30.1 Å². The lowest BCUT2D eigenvalue weighted by Gasteiger charge is -2.37. The Balaban J connectivity index is 0.00000200. The van der Waals surface area contributed by atoms with Crippen LogP contribution < -0.4 is 5.32 Å². The van der Waals surface area contributed by atoms with Crippen molar-refractivity contribution >= 4 is 18.3 Å². The number of nitrogens with zero attached hydrogens (tertiary/aromatic N) is 2. The molecule has 5 nitrogen and oxygen atoms in total. The number of amides is 1. The number of halogens is 1. The lowest BCUT2D eigenvalue weighted by molar-refractivity contribution is -0.145. The molecule has 0 aromatic carbocycles. The molecule has 0 saturated carbocycles. The molecule has 1 N–H and O–H groups in total. The van der Waals surface area contributed by atoms with Crippen molar-refractivity contribution < 1.29 is 9.53 Å². The summed E-state index contributed by atoms with van der Waals surface area (Å²) in [4.78, 5) is 18.5. The van der Waals surface area contributed by atoms with Gasteiger partial charge in [-0.15, -0.1) is 12.4 Å². The van der Waals surface area contributed by atoms with Crippen LogP contribution in [0.5, 0.6) is 0 Å². The summed E-state index contributed by atoms with van der Waals surface area (Å²) in [6.07, 6.45) is 3.18. The summed E-state index contributed by atoms with van der Waals surface area (Å²) in [5.74, 6) is 0.0530. The van der Waals surface area contributed by atoms with Gasteiger partial charge < -0.3 is 15.0 Å². The largest absolute Gasteiger partial charge is 0.369 e. The summed E-state index contributed by atoms with van der Waals surface area (Å²) in [6, 6.07) is 3.95. The van der Waals surface area contributed by atoms with Crippen molar-refractivity contribution in [1.29, 1.82) is 0 Å². The van der Waals surface area contributed by atoms with Crippen LogP contribution in [-0.4, -0.2) is 48.1 Å². The number of hydrogen-bond acceptors (Lipinski definition) is 4. The standard InChI is InChI=1S/C14H21N3O2.ClH/c1-3-19-11(2)14(18)17-8-7-16-10-13(17)12-5-4-6-15-9-12;/h4-6,9,11,13,16H,3,7-8,10H2,1-2H3;1H. The number of nitrogens with one attached hydrogen (secondary N) is 1. The molecule has 1 amide bonds. The first-order chi connectivity index (χ1) is 9.24. The Labute approximate surface area is 126 Å². The highest BCUT2D eigenvalue weighted by Gasteiger charge is 2.30. The third-order valence-corrected chi connectivity index (χ3v) is 3.36. The molecule has 1 aliphatic rings. The van der Waals surface area contributed by atoms with E-state index in [0.29, 0.717) is 13.2 Å². The molecular weight excluding hydrogens is 278 g/mol. The molecule has 2 atom stereocenters. The van der Waals surface area contributed by atoms with Crippen molar-refractivity contribution in [2.75, 3.05) is 26.2 Å². The molecular formula is C14H22ClN3O2. The number of rotatable bonds is 4. The van der Waals surface area contributed by atoms with Gasteiger partial charge in [-0.3, -0.25) is 9.78 Å². The fourth-order valence-corrected chi connectivity index (χ4v) is 2.39. The van der Waals surface area contributed by atoms with Crippen LogP contribution in [0.1, 0.15) is 25.5 Å². The Hall–Kier alpha value is -1.17. The van der Waals surface area contributed by atoms with Crippen LogP contribution in [-0.2, 0) is 9.53 Å². The first-order valence-electron chi connectivity index (χ1n) is 6.76. The molecule has 1 fully saturated rings. The molecule has 0 bridgehead atoms. The molecule has 1 aromatic rings. The second kappa shape index (κ2) is 8.19. The Morgan fingerprint density at radius 3 is 3.10 bits per heavy atom. The normalized spacial score (nSPS) is 20.1. The van der Waals surface area contributed by atoms with Crippen LogP contribution in [0.2, 0.25) is 0 Å². The summed E-state index contributed by atoms with van der Waals surface area (Å²) in [5, 5.41) is 3.33. The van der Waals surface area contributed by atoms with Crippen molar-refractivity contribution in [2.45, 2.75) is 26.0 Å². The highest BCUT2D eigenvalue weighted by Crippen LogP contribution is 2.22. The number of carbonyl (C=O) groups excluding carboxylic acids is 1. The van der Waals surface area contributed by atoms with Gasteiger partial charge in [0.2, 0.25) is 0 Å². The van der Waals surface area contributed by atoms with E-state index in [1.807, 2.05) is 37.1 Å². The van der Waals surface area contributed by atoms with Gasteiger partial charge in [-0.1, -0.05) is 6.07 Å². The minimum absolute atomic E-state index is 0. The molecule has 112 valence electrons. The molecule has 1 saturated heterocycles. The van der Waals surface area contributed by atoms with Crippen LogP contribution in [0.3, 0.4) is 0 Å². The summed E-state index contributed by atoms with van der Waals surface area (Å²) in [6.45, 7) is 6.55. The van der Waals surface area contributed by atoms with E-state index in [-0.39, 0.29) is 30.5 Å². The average Bonchev–Trinajstić information content (AvgIpc) is 2.47. The molecule has 0 aliphatic carbocycles. The van der Waals surface area contributed by atoms with Gasteiger partial charge in [0.1, 0.15) is 6.10 Å². The van der Waals surface area contributed by atoms with Crippen LogP contribution in [0.25, 0.3) is 0 Å². The van der Waals surface area contributed by atoms with E-state index in [0.717, 1.165) is 18.7 Å². The van der Waals surface area contributed by atoms with Gasteiger partial charge in [0, 0.05) is 38.6 Å². The fraction of sp³-hybridized carbons (Fsp3) is 0.571. The predicted molar refractivity (Wildman–Crippen MR) is 79.9 cm³/mol. The van der Waals surface area contributed by atoms with Gasteiger partial charge in [0.05, 0.1) is 6.04 Å². The lowest BCUT2D eigenvalue weighted by Crippen LogP contribution is -2.51. The third-order valence-electron chi connectivity index (χ3n) is 3.36. The van der Waals surface area contributed by atoms with Crippen molar-refractivity contribution in [2.24, 2.45) is 0 Å². The maximum atomic E-state index is 12.4. The highest BCUT2D eigenvalue weighted by molar-refractivity contribution is 5.85. The second-order valence-electron chi connectivity index (χ2n) is 4.64. The molecule has 2 rings (SSSR count). The summed E-state index contributed by atoms with van der Waals surface area (Å²) >= 11 is 0. The van der Waals surface area contributed by atoms with Gasteiger partial charge in [-0.25, -0.2) is 0 Å². The van der Waals surface area contributed by atoms with Crippen molar-refractivity contribution in [3.8, 4) is 0 Å². The van der Waals surface area contributed by atoms with Crippen LogP contribution >= 0.6 is 12.4 Å². The fourth-order valence-electron chi connectivity index (χ4n) is 2.39. The zero-order valence-corrected chi connectivity index (χ0v) is 12.7. The number of pyridine rings is 1. The van der Waals surface area contributed by atoms with Gasteiger partial charge in [-0.2, -0.15) is 0 Å². The van der Waals surface area contributed by atoms with Gasteiger partial charge >= 0.3 is 0 Å². The zero-order chi connectivity index (χ0) is 13.7. The molecule has 6 heteroatoms. The second-order valence-corrected chi connectivity index (χ2v) is 4.64. The quantitative estimate of drug-likeness (QED) is 0.913. The van der Waals surface area contributed by atoms with E-state index in [1.165, 1.54) is 0 Å². The summed E-state index contributed by atoms with van der Waals surface area (Å²) in [5.41, 5.74) is 1.06. The number of piperazine rings is 1. The molecule has 1 aliphatic heterocycles. The summed E-state index contributed by atoms with van der Waals surface area (Å²) < 4.78 is 5.41. The monoisotopic (exact) mass is 299 g/mol. The van der Waals surface area contributed by atoms with Gasteiger partial charge in [-0.05, 0) is 25.5 Å². The topological polar surface area (TPSA) is 54.5 Å². The molecule has 0 spiro atoms. The molecule has 1 aromatic heterocycles. The van der Waals surface area contributed by atoms with Crippen LogP contribution in [0, 0.1) is 0 Å². The minimum Gasteiger partial charge on any atom is -0.369 e. The first-order valence-corrected chi connectivity index (χ1v) is 6.76. The van der Waals surface area contributed by atoms with E-state index >= 15 is 0 Å². The Bertz CT molecular complexity index is 416. The maximum absolute atomic E-state index is 12.4. The van der Waals surface area contributed by atoms with Crippen LogP contribution in [0.15, 0.2) is 24.5 Å².